The Morgan fingerprint density at radius 3 is 2.35 bits per heavy atom. The summed E-state index contributed by atoms with van der Waals surface area (Å²) in [4.78, 5) is 30.7. The van der Waals surface area contributed by atoms with Crippen LogP contribution >= 0.6 is 24.0 Å². The number of amides is 1. The van der Waals surface area contributed by atoms with E-state index in [1.54, 1.807) is 16.5 Å². The van der Waals surface area contributed by atoms with Gasteiger partial charge in [-0.1, -0.05) is 75.8 Å². The molecule has 1 aromatic heterocycles. The second-order valence-electron chi connectivity index (χ2n) is 9.22. The molecule has 2 aliphatic heterocycles. The third-order valence-corrected chi connectivity index (χ3v) is 8.14. The summed E-state index contributed by atoms with van der Waals surface area (Å²) in [5.41, 5.74) is 1.26. The SMILES string of the molecule is CCCCCCCCN1C(=O)C(=Cc2c(C)c(C#N)c(=O)n(C)c2N2CCCCCC2)SC1=S. The van der Waals surface area contributed by atoms with Crippen molar-refractivity contribution in [3.63, 3.8) is 0 Å². The lowest BCUT2D eigenvalue weighted by Gasteiger charge is -2.28. The molecule has 1 amide bonds. The van der Waals surface area contributed by atoms with E-state index in [0.29, 0.717) is 21.3 Å². The second kappa shape index (κ2) is 12.6. The van der Waals surface area contributed by atoms with Crippen molar-refractivity contribution in [2.45, 2.75) is 78.1 Å². The van der Waals surface area contributed by atoms with Crippen molar-refractivity contribution < 1.29 is 4.79 Å². The van der Waals surface area contributed by atoms with Gasteiger partial charge in [0, 0.05) is 32.2 Å². The Morgan fingerprint density at radius 1 is 1.06 bits per heavy atom. The van der Waals surface area contributed by atoms with Gasteiger partial charge in [0.1, 0.15) is 21.8 Å². The molecule has 0 radical (unpaired) electrons. The van der Waals surface area contributed by atoms with Crippen molar-refractivity contribution in [3.05, 3.63) is 31.9 Å². The summed E-state index contributed by atoms with van der Waals surface area (Å²) in [5, 5.41) is 9.67. The van der Waals surface area contributed by atoms with Gasteiger partial charge in [0.05, 0.1) is 4.91 Å². The summed E-state index contributed by atoms with van der Waals surface area (Å²) in [7, 11) is 1.73. The molecule has 3 heterocycles. The maximum atomic E-state index is 13.2. The molecule has 0 N–H and O–H groups in total. The van der Waals surface area contributed by atoms with Crippen LogP contribution in [-0.2, 0) is 11.8 Å². The molecule has 0 aliphatic carbocycles. The van der Waals surface area contributed by atoms with Crippen molar-refractivity contribution in [2.75, 3.05) is 24.5 Å². The topological polar surface area (TPSA) is 69.3 Å². The quantitative estimate of drug-likeness (QED) is 0.253. The highest BCUT2D eigenvalue weighted by Crippen LogP contribution is 2.36. The fraction of sp³-hybridized carbons (Fsp3) is 0.615. The molecule has 6 nitrogen and oxygen atoms in total. The van der Waals surface area contributed by atoms with Crippen LogP contribution in [0.3, 0.4) is 0 Å². The van der Waals surface area contributed by atoms with Crippen molar-refractivity contribution in [3.8, 4) is 6.07 Å². The van der Waals surface area contributed by atoms with Gasteiger partial charge >= 0.3 is 0 Å². The van der Waals surface area contributed by atoms with Gasteiger partial charge in [-0.15, -0.1) is 0 Å². The number of thiocarbonyl (C=S) groups is 1. The Labute approximate surface area is 213 Å². The van der Waals surface area contributed by atoms with Crippen LogP contribution in [0, 0.1) is 18.3 Å². The van der Waals surface area contributed by atoms with Gasteiger partial charge in [-0.3, -0.25) is 19.1 Å². The van der Waals surface area contributed by atoms with E-state index in [1.807, 2.05) is 13.0 Å². The maximum absolute atomic E-state index is 13.2. The number of nitriles is 1. The number of nitrogens with zero attached hydrogens (tertiary/aromatic N) is 4. The summed E-state index contributed by atoms with van der Waals surface area (Å²) in [5.74, 6) is 0.724. The minimum absolute atomic E-state index is 0.0721. The molecular weight excluding hydrogens is 464 g/mol. The van der Waals surface area contributed by atoms with Crippen molar-refractivity contribution in [1.82, 2.24) is 9.47 Å². The van der Waals surface area contributed by atoms with E-state index in [1.165, 1.54) is 50.3 Å². The first-order valence-electron chi connectivity index (χ1n) is 12.5. The molecule has 0 unspecified atom stereocenters. The van der Waals surface area contributed by atoms with E-state index in [0.717, 1.165) is 50.2 Å². The zero-order valence-electron chi connectivity index (χ0n) is 20.7. The zero-order chi connectivity index (χ0) is 24.7. The monoisotopic (exact) mass is 500 g/mol. The van der Waals surface area contributed by atoms with E-state index in [4.69, 9.17) is 12.2 Å². The summed E-state index contributed by atoms with van der Waals surface area (Å²) < 4.78 is 2.17. The van der Waals surface area contributed by atoms with Crippen LogP contribution in [0.15, 0.2) is 9.70 Å². The Kier molecular flexibility index (Phi) is 9.78. The maximum Gasteiger partial charge on any atom is 0.270 e. The zero-order valence-corrected chi connectivity index (χ0v) is 22.3. The van der Waals surface area contributed by atoms with Crippen LogP contribution < -0.4 is 10.5 Å². The molecule has 2 fully saturated rings. The van der Waals surface area contributed by atoms with Crippen LogP contribution in [0.2, 0.25) is 0 Å². The molecule has 0 aromatic carbocycles. The Morgan fingerprint density at radius 2 is 1.71 bits per heavy atom. The molecule has 184 valence electrons. The fourth-order valence-corrected chi connectivity index (χ4v) is 6.04. The van der Waals surface area contributed by atoms with E-state index >= 15 is 0 Å². The van der Waals surface area contributed by atoms with E-state index in [2.05, 4.69) is 17.9 Å². The third kappa shape index (κ3) is 5.92. The molecule has 34 heavy (non-hydrogen) atoms. The van der Waals surface area contributed by atoms with Crippen LogP contribution in [0.1, 0.15) is 87.8 Å². The predicted molar refractivity (Wildman–Crippen MR) is 145 cm³/mol. The number of aromatic nitrogens is 1. The summed E-state index contributed by atoms with van der Waals surface area (Å²) in [6, 6.07) is 2.08. The Balaban J connectivity index is 1.91. The van der Waals surface area contributed by atoms with Gasteiger partial charge < -0.3 is 4.90 Å². The summed E-state index contributed by atoms with van der Waals surface area (Å²) >= 11 is 6.86. The Hall–Kier alpha value is -2.11. The van der Waals surface area contributed by atoms with Crippen LogP contribution in [0.5, 0.6) is 0 Å². The van der Waals surface area contributed by atoms with Gasteiger partial charge in [-0.25, -0.2) is 0 Å². The molecule has 0 atom stereocenters. The molecule has 0 bridgehead atoms. The van der Waals surface area contributed by atoms with Crippen molar-refractivity contribution >= 4 is 46.1 Å². The minimum Gasteiger partial charge on any atom is -0.357 e. The van der Waals surface area contributed by atoms with Crippen molar-refractivity contribution in [1.29, 1.82) is 5.26 Å². The number of unbranched alkanes of at least 4 members (excludes halogenated alkanes) is 5. The molecule has 2 saturated heterocycles. The molecule has 0 saturated carbocycles. The number of hydrogen-bond acceptors (Lipinski definition) is 6. The molecule has 0 spiro atoms. The number of carbonyl (C=O) groups excluding carboxylic acids is 1. The van der Waals surface area contributed by atoms with Gasteiger partial charge in [0.15, 0.2) is 0 Å². The number of thioether (sulfide) groups is 1. The van der Waals surface area contributed by atoms with Crippen LogP contribution in [0.4, 0.5) is 5.82 Å². The minimum atomic E-state index is -0.285. The van der Waals surface area contributed by atoms with Crippen molar-refractivity contribution in [2.24, 2.45) is 7.05 Å². The van der Waals surface area contributed by atoms with Gasteiger partial charge in [-0.2, -0.15) is 5.26 Å². The average Bonchev–Trinajstić information content (AvgIpc) is 2.99. The van der Waals surface area contributed by atoms with Gasteiger partial charge in [0.2, 0.25) is 0 Å². The summed E-state index contributed by atoms with van der Waals surface area (Å²) in [6.45, 7) is 6.38. The lowest BCUT2D eigenvalue weighted by molar-refractivity contribution is -0.122. The standard InChI is InChI=1S/C26H36N4O2S2/c1-4-5-6-7-8-13-16-30-25(32)22(34-26(30)33)17-20-19(2)21(18-27)24(31)28(3)23(20)29-14-11-9-10-12-15-29/h17H,4-16H2,1-3H3. The first-order chi connectivity index (χ1) is 16.4. The average molecular weight is 501 g/mol. The Bertz CT molecular complexity index is 1050. The number of carbonyl (C=O) groups is 1. The highest BCUT2D eigenvalue weighted by atomic mass is 32.2. The highest BCUT2D eigenvalue weighted by Gasteiger charge is 2.32. The molecule has 2 aliphatic rings. The van der Waals surface area contributed by atoms with Gasteiger partial charge in [-0.05, 0) is 37.8 Å². The molecular formula is C26H36N4O2S2. The highest BCUT2D eigenvalue weighted by molar-refractivity contribution is 8.26. The van der Waals surface area contributed by atoms with Crippen LogP contribution in [-0.4, -0.2) is 39.3 Å². The lowest BCUT2D eigenvalue weighted by atomic mass is 10.0. The first-order valence-corrected chi connectivity index (χ1v) is 13.8. The van der Waals surface area contributed by atoms with E-state index in [9.17, 15) is 14.9 Å². The molecule has 1 aromatic rings. The lowest BCUT2D eigenvalue weighted by Crippen LogP contribution is -2.34. The molecule has 8 heteroatoms. The van der Waals surface area contributed by atoms with Crippen LogP contribution in [0.25, 0.3) is 6.08 Å². The number of hydrogen-bond donors (Lipinski definition) is 0. The summed E-state index contributed by atoms with van der Waals surface area (Å²) in [6.07, 6.45) is 13.3. The fourth-order valence-electron chi connectivity index (χ4n) is 4.75. The smallest absolute Gasteiger partial charge is 0.270 e. The van der Waals surface area contributed by atoms with E-state index < -0.39 is 0 Å². The molecule has 3 rings (SSSR count). The number of rotatable bonds is 9. The normalized spacial score (nSPS) is 18.0. The first kappa shape index (κ1) is 26.5. The van der Waals surface area contributed by atoms with Gasteiger partial charge in [0.25, 0.3) is 11.5 Å². The number of pyridine rings is 1. The third-order valence-electron chi connectivity index (χ3n) is 6.76. The number of anilines is 1. The largest absolute Gasteiger partial charge is 0.357 e. The van der Waals surface area contributed by atoms with E-state index in [-0.39, 0.29) is 17.0 Å². The predicted octanol–water partition coefficient (Wildman–Crippen LogP) is 5.51. The second-order valence-corrected chi connectivity index (χ2v) is 10.9.